The Morgan fingerprint density at radius 1 is 1.15 bits per heavy atom. The highest BCUT2D eigenvalue weighted by Gasteiger charge is 2.22. The number of halogens is 1. The maximum absolute atomic E-state index is 13.3. The number of hydrogen-bond acceptors (Lipinski definition) is 5. The van der Waals surface area contributed by atoms with Gasteiger partial charge in [0.15, 0.2) is 11.0 Å². The van der Waals surface area contributed by atoms with E-state index in [2.05, 4.69) is 10.2 Å². The van der Waals surface area contributed by atoms with Crippen LogP contribution in [0.3, 0.4) is 0 Å². The van der Waals surface area contributed by atoms with E-state index in [0.29, 0.717) is 17.6 Å². The molecular weight excluding hydrogens is 353 g/mol. The van der Waals surface area contributed by atoms with Crippen molar-refractivity contribution < 1.29 is 13.9 Å². The molecule has 0 aliphatic carbocycles. The fraction of sp³-hybridized carbons (Fsp3) is 0.211. The fourth-order valence-electron chi connectivity index (χ4n) is 2.41. The number of aromatic nitrogens is 3. The molecule has 0 fully saturated rings. The molecule has 0 radical (unpaired) electrons. The number of benzene rings is 2. The lowest BCUT2D eigenvalue weighted by molar-refractivity contribution is -0.142. The zero-order valence-corrected chi connectivity index (χ0v) is 15.2. The highest BCUT2D eigenvalue weighted by Crippen LogP contribution is 2.30. The van der Waals surface area contributed by atoms with Gasteiger partial charge in [0, 0.05) is 11.3 Å². The van der Waals surface area contributed by atoms with Gasteiger partial charge >= 0.3 is 5.97 Å². The molecule has 3 rings (SSSR count). The van der Waals surface area contributed by atoms with Crippen molar-refractivity contribution in [2.45, 2.75) is 24.3 Å². The summed E-state index contributed by atoms with van der Waals surface area (Å²) in [5.74, 6) is -0.0386. The van der Waals surface area contributed by atoms with Gasteiger partial charge in [-0.2, -0.15) is 0 Å². The lowest BCUT2D eigenvalue weighted by Gasteiger charge is -2.13. The summed E-state index contributed by atoms with van der Waals surface area (Å²) in [7, 11) is 0. The minimum atomic E-state index is -0.428. The third-order valence-corrected chi connectivity index (χ3v) is 4.67. The smallest absolute Gasteiger partial charge is 0.319 e. The van der Waals surface area contributed by atoms with Crippen LogP contribution in [-0.2, 0) is 9.53 Å². The maximum Gasteiger partial charge on any atom is 0.319 e. The van der Waals surface area contributed by atoms with Crippen LogP contribution in [0.15, 0.2) is 59.8 Å². The second-order valence-electron chi connectivity index (χ2n) is 5.50. The van der Waals surface area contributed by atoms with Crippen LogP contribution in [0.2, 0.25) is 0 Å². The lowest BCUT2D eigenvalue weighted by atomic mass is 10.2. The normalized spacial score (nSPS) is 12.0. The molecule has 0 saturated heterocycles. The Kier molecular flexibility index (Phi) is 5.68. The van der Waals surface area contributed by atoms with Gasteiger partial charge in [-0.1, -0.05) is 30.0 Å². The number of carbonyl (C=O) groups excluding carboxylic acids is 1. The van der Waals surface area contributed by atoms with Crippen molar-refractivity contribution >= 4 is 17.7 Å². The Balaban J connectivity index is 2.02. The van der Waals surface area contributed by atoms with Crippen LogP contribution in [0.4, 0.5) is 4.39 Å². The predicted molar refractivity (Wildman–Crippen MR) is 98.7 cm³/mol. The van der Waals surface area contributed by atoms with E-state index in [4.69, 9.17) is 4.74 Å². The topological polar surface area (TPSA) is 57.0 Å². The van der Waals surface area contributed by atoms with Crippen LogP contribution in [-0.4, -0.2) is 32.6 Å². The first kappa shape index (κ1) is 18.1. The van der Waals surface area contributed by atoms with Crippen molar-refractivity contribution in [3.63, 3.8) is 0 Å². The highest BCUT2D eigenvalue weighted by atomic mass is 32.2. The molecule has 3 aromatic rings. The van der Waals surface area contributed by atoms with Crippen LogP contribution < -0.4 is 0 Å². The van der Waals surface area contributed by atoms with Gasteiger partial charge in [0.05, 0.1) is 6.61 Å². The number of carbonyl (C=O) groups is 1. The summed E-state index contributed by atoms with van der Waals surface area (Å²) in [6.07, 6.45) is 0. The first-order valence-corrected chi connectivity index (χ1v) is 9.08. The van der Waals surface area contributed by atoms with Gasteiger partial charge in [-0.3, -0.25) is 9.36 Å². The zero-order valence-electron chi connectivity index (χ0n) is 14.4. The molecule has 26 heavy (non-hydrogen) atoms. The average molecular weight is 371 g/mol. The van der Waals surface area contributed by atoms with Crippen molar-refractivity contribution in [1.82, 2.24) is 14.8 Å². The molecule has 0 amide bonds. The number of rotatable bonds is 6. The van der Waals surface area contributed by atoms with Gasteiger partial charge in [0.2, 0.25) is 0 Å². The maximum atomic E-state index is 13.3. The number of hydrogen-bond donors (Lipinski definition) is 0. The largest absolute Gasteiger partial charge is 0.465 e. The number of esters is 1. The Bertz CT molecular complexity index is 882. The first-order valence-electron chi connectivity index (χ1n) is 8.20. The minimum absolute atomic E-state index is 0.302. The Morgan fingerprint density at radius 2 is 1.85 bits per heavy atom. The van der Waals surface area contributed by atoms with Crippen molar-refractivity contribution in [1.29, 1.82) is 0 Å². The van der Waals surface area contributed by atoms with E-state index < -0.39 is 5.25 Å². The second-order valence-corrected chi connectivity index (χ2v) is 6.80. The van der Waals surface area contributed by atoms with E-state index in [9.17, 15) is 9.18 Å². The molecule has 1 atom stereocenters. The predicted octanol–water partition coefficient (Wildman–Crippen LogP) is 4.12. The van der Waals surface area contributed by atoms with E-state index in [-0.39, 0.29) is 11.8 Å². The van der Waals surface area contributed by atoms with Gasteiger partial charge in [0.25, 0.3) is 0 Å². The lowest BCUT2D eigenvalue weighted by Crippen LogP contribution is -2.17. The zero-order chi connectivity index (χ0) is 18.5. The van der Waals surface area contributed by atoms with Crippen LogP contribution in [0.25, 0.3) is 17.1 Å². The minimum Gasteiger partial charge on any atom is -0.465 e. The summed E-state index contributed by atoms with van der Waals surface area (Å²) in [6, 6.07) is 15.7. The van der Waals surface area contributed by atoms with Crippen molar-refractivity contribution in [2.75, 3.05) is 6.61 Å². The van der Waals surface area contributed by atoms with E-state index in [1.54, 1.807) is 26.0 Å². The summed E-state index contributed by atoms with van der Waals surface area (Å²) < 4.78 is 20.2. The van der Waals surface area contributed by atoms with Crippen LogP contribution in [0.1, 0.15) is 13.8 Å². The molecule has 0 spiro atoms. The van der Waals surface area contributed by atoms with Crippen molar-refractivity contribution in [3.8, 4) is 17.1 Å². The van der Waals surface area contributed by atoms with Gasteiger partial charge < -0.3 is 4.74 Å². The molecule has 1 heterocycles. The second kappa shape index (κ2) is 8.14. The summed E-state index contributed by atoms with van der Waals surface area (Å²) in [4.78, 5) is 12.0. The molecule has 134 valence electrons. The molecule has 0 aliphatic heterocycles. The molecule has 0 aliphatic rings. The van der Waals surface area contributed by atoms with E-state index in [1.165, 1.54) is 23.9 Å². The van der Waals surface area contributed by atoms with E-state index >= 15 is 0 Å². The molecule has 1 aromatic heterocycles. The molecule has 5 nitrogen and oxygen atoms in total. The Hall–Kier alpha value is -2.67. The number of ether oxygens (including phenoxy) is 1. The van der Waals surface area contributed by atoms with E-state index in [0.717, 1.165) is 11.3 Å². The Morgan fingerprint density at radius 3 is 2.50 bits per heavy atom. The molecule has 0 N–H and O–H groups in total. The molecule has 7 heteroatoms. The van der Waals surface area contributed by atoms with Gasteiger partial charge in [-0.25, -0.2) is 4.39 Å². The molecular formula is C19H18FN3O2S. The van der Waals surface area contributed by atoms with Crippen molar-refractivity contribution in [2.24, 2.45) is 0 Å². The van der Waals surface area contributed by atoms with Crippen LogP contribution in [0.5, 0.6) is 0 Å². The monoisotopic (exact) mass is 371 g/mol. The van der Waals surface area contributed by atoms with Crippen LogP contribution >= 0.6 is 11.8 Å². The van der Waals surface area contributed by atoms with Gasteiger partial charge in [0.1, 0.15) is 11.1 Å². The number of nitrogens with zero attached hydrogens (tertiary/aromatic N) is 3. The van der Waals surface area contributed by atoms with Crippen LogP contribution in [0, 0.1) is 5.82 Å². The molecule has 1 unspecified atom stereocenters. The van der Waals surface area contributed by atoms with Gasteiger partial charge in [-0.05, 0) is 50.2 Å². The third kappa shape index (κ3) is 3.94. The average Bonchev–Trinajstić information content (AvgIpc) is 3.06. The molecule has 0 saturated carbocycles. The quantitative estimate of drug-likeness (QED) is 0.482. The summed E-state index contributed by atoms with van der Waals surface area (Å²) in [6.45, 7) is 3.87. The fourth-order valence-corrected chi connectivity index (χ4v) is 3.27. The molecule has 0 bridgehead atoms. The number of para-hydroxylation sites is 1. The number of thioether (sulfide) groups is 1. The third-order valence-electron chi connectivity index (χ3n) is 3.65. The Labute approximate surface area is 155 Å². The van der Waals surface area contributed by atoms with Gasteiger partial charge in [-0.15, -0.1) is 10.2 Å². The van der Waals surface area contributed by atoms with Crippen molar-refractivity contribution in [3.05, 3.63) is 60.4 Å². The standard InChI is InChI=1S/C19H18FN3O2S/c1-3-25-18(24)13(2)26-19-22-21-17(14-9-11-15(20)12-10-14)23(19)16-7-5-4-6-8-16/h4-13H,3H2,1-2H3. The first-order chi connectivity index (χ1) is 12.6. The summed E-state index contributed by atoms with van der Waals surface area (Å²) in [5, 5.41) is 8.65. The summed E-state index contributed by atoms with van der Waals surface area (Å²) in [5.41, 5.74) is 1.59. The summed E-state index contributed by atoms with van der Waals surface area (Å²) >= 11 is 1.27. The molecule has 2 aromatic carbocycles. The highest BCUT2D eigenvalue weighted by molar-refractivity contribution is 8.00. The van der Waals surface area contributed by atoms with E-state index in [1.807, 2.05) is 34.9 Å². The SMILES string of the molecule is CCOC(=O)C(C)Sc1nnc(-c2ccc(F)cc2)n1-c1ccccc1.